The van der Waals surface area contributed by atoms with Gasteiger partial charge in [-0.15, -0.1) is 5.73 Å². The maximum absolute atomic E-state index is 10.1. The minimum absolute atomic E-state index is 0.0442. The quantitative estimate of drug-likeness (QED) is 0.385. The molecule has 0 saturated heterocycles. The van der Waals surface area contributed by atoms with Crippen molar-refractivity contribution >= 4 is 5.78 Å². The molecule has 0 aliphatic carbocycles. The molecule has 0 atom stereocenters. The van der Waals surface area contributed by atoms with E-state index in [1.807, 2.05) is 0 Å². The summed E-state index contributed by atoms with van der Waals surface area (Å²) >= 11 is 0. The number of nitrogens with two attached hydrogens (primary N) is 1. The molecule has 0 aliphatic heterocycles. The SMILES string of the molecule is C=C=CC(=O)CN. The highest BCUT2D eigenvalue weighted by molar-refractivity contribution is 5.90. The molecule has 0 unspecified atom stereocenters. The van der Waals surface area contributed by atoms with Gasteiger partial charge in [-0.25, -0.2) is 0 Å². The molecule has 0 bridgehead atoms. The summed E-state index contributed by atoms with van der Waals surface area (Å²) in [7, 11) is 0. The number of ketones is 1. The van der Waals surface area contributed by atoms with Crippen molar-refractivity contribution in [2.45, 2.75) is 0 Å². The van der Waals surface area contributed by atoms with Gasteiger partial charge in [0, 0.05) is 6.08 Å². The van der Waals surface area contributed by atoms with Gasteiger partial charge in [-0.2, -0.15) is 0 Å². The molecule has 0 aromatic carbocycles. The van der Waals surface area contributed by atoms with Gasteiger partial charge in [-0.05, 0) is 0 Å². The average molecular weight is 97.1 g/mol. The summed E-state index contributed by atoms with van der Waals surface area (Å²) in [5, 5.41) is 0. The van der Waals surface area contributed by atoms with Crippen LogP contribution in [0.25, 0.3) is 0 Å². The van der Waals surface area contributed by atoms with Crippen LogP contribution in [0.15, 0.2) is 18.4 Å². The summed E-state index contributed by atoms with van der Waals surface area (Å²) < 4.78 is 0. The Morgan fingerprint density at radius 1 is 2.00 bits per heavy atom. The maximum atomic E-state index is 10.1. The van der Waals surface area contributed by atoms with Gasteiger partial charge in [-0.1, -0.05) is 6.58 Å². The fourth-order valence-corrected chi connectivity index (χ4v) is 0.173. The van der Waals surface area contributed by atoms with Crippen molar-refractivity contribution in [1.82, 2.24) is 0 Å². The van der Waals surface area contributed by atoms with E-state index in [2.05, 4.69) is 12.3 Å². The molecular weight excluding hydrogens is 90.1 g/mol. The van der Waals surface area contributed by atoms with Crippen LogP contribution < -0.4 is 5.73 Å². The van der Waals surface area contributed by atoms with Crippen molar-refractivity contribution in [1.29, 1.82) is 0 Å². The van der Waals surface area contributed by atoms with Crippen LogP contribution >= 0.6 is 0 Å². The predicted octanol–water partition coefficient (Wildman–Crippen LogP) is -0.145. The summed E-state index contributed by atoms with van der Waals surface area (Å²) in [4.78, 5) is 10.1. The second-order valence-corrected chi connectivity index (χ2v) is 1.02. The average Bonchev–Trinajstić information content (AvgIpc) is 1.68. The fourth-order valence-electron chi connectivity index (χ4n) is 0.173. The third-order valence-electron chi connectivity index (χ3n) is 0.464. The minimum Gasteiger partial charge on any atom is -0.324 e. The summed E-state index contributed by atoms with van der Waals surface area (Å²) in [5.41, 5.74) is 7.22. The Morgan fingerprint density at radius 2 is 2.57 bits per heavy atom. The molecular formula is C5H7NO. The zero-order valence-corrected chi connectivity index (χ0v) is 3.98. The lowest BCUT2D eigenvalue weighted by molar-refractivity contribution is -0.113. The third-order valence-corrected chi connectivity index (χ3v) is 0.464. The molecule has 0 fully saturated rings. The van der Waals surface area contributed by atoms with E-state index in [0.717, 1.165) is 0 Å². The van der Waals surface area contributed by atoms with Gasteiger partial charge in [0.15, 0.2) is 5.78 Å². The first kappa shape index (κ1) is 6.15. The van der Waals surface area contributed by atoms with Gasteiger partial charge in [-0.3, -0.25) is 4.79 Å². The summed E-state index contributed by atoms with van der Waals surface area (Å²) in [6.45, 7) is 3.24. The Balaban J connectivity index is 3.58. The lowest BCUT2D eigenvalue weighted by Crippen LogP contribution is -2.09. The first-order valence-electron chi connectivity index (χ1n) is 1.90. The van der Waals surface area contributed by atoms with Gasteiger partial charge >= 0.3 is 0 Å². The molecule has 2 nitrogen and oxygen atoms in total. The maximum Gasteiger partial charge on any atom is 0.176 e. The summed E-state index contributed by atoms with van der Waals surface area (Å²) in [6.07, 6.45) is 1.22. The highest BCUT2D eigenvalue weighted by Gasteiger charge is 1.84. The largest absolute Gasteiger partial charge is 0.324 e. The Labute approximate surface area is 42.3 Å². The van der Waals surface area contributed by atoms with Crippen LogP contribution in [0.4, 0.5) is 0 Å². The molecule has 0 aliphatic rings. The van der Waals surface area contributed by atoms with Crippen molar-refractivity contribution in [3.05, 3.63) is 18.4 Å². The first-order chi connectivity index (χ1) is 3.31. The Kier molecular flexibility index (Phi) is 2.94. The van der Waals surface area contributed by atoms with Crippen LogP contribution in [0.1, 0.15) is 0 Å². The van der Waals surface area contributed by atoms with Crippen molar-refractivity contribution in [3.63, 3.8) is 0 Å². The Bertz CT molecular complexity index is 111. The van der Waals surface area contributed by atoms with E-state index < -0.39 is 0 Å². The summed E-state index contributed by atoms with van der Waals surface area (Å²) in [6, 6.07) is 0. The number of carbonyl (C=O) groups is 1. The monoisotopic (exact) mass is 97.1 g/mol. The van der Waals surface area contributed by atoms with Crippen LogP contribution in [0.5, 0.6) is 0 Å². The third kappa shape index (κ3) is 2.97. The normalized spacial score (nSPS) is 7.00. The van der Waals surface area contributed by atoms with Gasteiger partial charge in [0.05, 0.1) is 6.54 Å². The molecule has 38 valence electrons. The standard InChI is InChI=1S/C5H7NO/c1-2-3-5(7)4-6/h3H,1,4,6H2. The molecule has 2 N–H and O–H groups in total. The molecule has 0 radical (unpaired) electrons. The molecule has 0 rings (SSSR count). The van der Waals surface area contributed by atoms with E-state index in [4.69, 9.17) is 5.73 Å². The highest BCUT2D eigenvalue weighted by Crippen LogP contribution is 1.64. The van der Waals surface area contributed by atoms with E-state index in [-0.39, 0.29) is 12.3 Å². The molecule has 0 amide bonds. The van der Waals surface area contributed by atoms with Crippen molar-refractivity contribution in [2.75, 3.05) is 6.54 Å². The van der Waals surface area contributed by atoms with E-state index >= 15 is 0 Å². The van der Waals surface area contributed by atoms with Gasteiger partial charge < -0.3 is 5.73 Å². The molecule has 2 heteroatoms. The van der Waals surface area contributed by atoms with Gasteiger partial charge in [0.1, 0.15) is 0 Å². The van der Waals surface area contributed by atoms with Crippen LogP contribution in [-0.2, 0) is 4.79 Å². The zero-order chi connectivity index (χ0) is 5.70. The molecule has 0 heterocycles. The van der Waals surface area contributed by atoms with Gasteiger partial charge in [0.25, 0.3) is 0 Å². The van der Waals surface area contributed by atoms with E-state index in [1.165, 1.54) is 6.08 Å². The van der Waals surface area contributed by atoms with Crippen LogP contribution in [0.3, 0.4) is 0 Å². The minimum atomic E-state index is -0.144. The first-order valence-corrected chi connectivity index (χ1v) is 1.90. The topological polar surface area (TPSA) is 43.1 Å². The fraction of sp³-hybridized carbons (Fsp3) is 0.200. The van der Waals surface area contributed by atoms with Crippen LogP contribution in [0.2, 0.25) is 0 Å². The second-order valence-electron chi connectivity index (χ2n) is 1.02. The summed E-state index contributed by atoms with van der Waals surface area (Å²) in [5.74, 6) is -0.144. The predicted molar refractivity (Wildman–Crippen MR) is 27.8 cm³/mol. The molecule has 0 aromatic heterocycles. The van der Waals surface area contributed by atoms with E-state index in [9.17, 15) is 4.79 Å². The number of carbonyl (C=O) groups excluding carboxylic acids is 1. The molecule has 0 saturated carbocycles. The molecule has 0 spiro atoms. The van der Waals surface area contributed by atoms with Gasteiger partial charge in [0.2, 0.25) is 0 Å². The smallest absolute Gasteiger partial charge is 0.176 e. The van der Waals surface area contributed by atoms with Crippen LogP contribution in [0, 0.1) is 0 Å². The highest BCUT2D eigenvalue weighted by atomic mass is 16.1. The Hall–Kier alpha value is -0.850. The molecule has 0 aromatic rings. The number of hydrogen-bond acceptors (Lipinski definition) is 2. The van der Waals surface area contributed by atoms with Crippen LogP contribution in [-0.4, -0.2) is 12.3 Å². The number of hydrogen-bond donors (Lipinski definition) is 1. The second kappa shape index (κ2) is 3.34. The Morgan fingerprint density at radius 3 is 2.71 bits per heavy atom. The lowest BCUT2D eigenvalue weighted by atomic mass is 10.4. The van der Waals surface area contributed by atoms with E-state index in [1.54, 1.807) is 0 Å². The van der Waals surface area contributed by atoms with E-state index in [0.29, 0.717) is 0 Å². The zero-order valence-electron chi connectivity index (χ0n) is 3.98. The molecule has 7 heavy (non-hydrogen) atoms. The van der Waals surface area contributed by atoms with Crippen molar-refractivity contribution in [3.8, 4) is 0 Å². The van der Waals surface area contributed by atoms with Crippen molar-refractivity contribution in [2.24, 2.45) is 5.73 Å². The lowest BCUT2D eigenvalue weighted by Gasteiger charge is -1.76. The number of rotatable bonds is 2. The van der Waals surface area contributed by atoms with Crippen molar-refractivity contribution < 1.29 is 4.79 Å².